The number of nitro groups is 1. The van der Waals surface area contributed by atoms with E-state index in [1.54, 1.807) is 12.1 Å². The summed E-state index contributed by atoms with van der Waals surface area (Å²) >= 11 is 0. The number of hydrogen-bond donors (Lipinski definition) is 0. The minimum atomic E-state index is -0.510. The van der Waals surface area contributed by atoms with Crippen LogP contribution in [0, 0.1) is 10.1 Å². The van der Waals surface area contributed by atoms with E-state index < -0.39 is 16.9 Å². The van der Waals surface area contributed by atoms with E-state index in [2.05, 4.69) is 9.47 Å². The molecular weight excluding hydrogens is 280 g/mol. The van der Waals surface area contributed by atoms with Crippen LogP contribution >= 0.6 is 0 Å². The Kier molecular flexibility index (Phi) is 6.28. The van der Waals surface area contributed by atoms with Crippen LogP contribution in [0.5, 0.6) is 0 Å². The molecule has 0 heterocycles. The van der Waals surface area contributed by atoms with Crippen LogP contribution in [-0.4, -0.2) is 49.1 Å². The van der Waals surface area contributed by atoms with E-state index in [1.807, 2.05) is 0 Å². The molecule has 0 fully saturated rings. The second kappa shape index (κ2) is 7.95. The molecule has 0 N–H and O–H groups in total. The number of ether oxygens (including phenoxy) is 2. The van der Waals surface area contributed by atoms with Crippen molar-refractivity contribution in [2.75, 3.05) is 27.3 Å². The fourth-order valence-electron chi connectivity index (χ4n) is 1.69. The number of nitrogens with zero attached hydrogens (tertiary/aromatic N) is 2. The van der Waals surface area contributed by atoms with Crippen molar-refractivity contribution >= 4 is 17.6 Å². The van der Waals surface area contributed by atoms with Crippen molar-refractivity contribution in [2.45, 2.75) is 6.54 Å². The van der Waals surface area contributed by atoms with E-state index >= 15 is 0 Å². The van der Waals surface area contributed by atoms with Gasteiger partial charge in [-0.3, -0.25) is 24.6 Å². The van der Waals surface area contributed by atoms with Gasteiger partial charge in [-0.25, -0.2) is 0 Å². The van der Waals surface area contributed by atoms with Gasteiger partial charge in [0.15, 0.2) is 0 Å². The minimum absolute atomic E-state index is 0.0522. The van der Waals surface area contributed by atoms with Gasteiger partial charge < -0.3 is 9.47 Å². The summed E-state index contributed by atoms with van der Waals surface area (Å²) in [5.41, 5.74) is 0.556. The number of nitro benzene ring substituents is 1. The number of benzene rings is 1. The van der Waals surface area contributed by atoms with Crippen LogP contribution in [0.1, 0.15) is 5.56 Å². The van der Waals surface area contributed by atoms with Crippen molar-refractivity contribution in [1.29, 1.82) is 0 Å². The molecule has 8 heteroatoms. The maximum atomic E-state index is 11.3. The first-order valence-electron chi connectivity index (χ1n) is 6.05. The number of non-ortho nitro benzene ring substituents is 1. The van der Waals surface area contributed by atoms with Gasteiger partial charge >= 0.3 is 11.9 Å². The summed E-state index contributed by atoms with van der Waals surface area (Å²) in [6, 6.07) is 5.98. The molecule has 0 aliphatic carbocycles. The Labute approximate surface area is 121 Å². The standard InChI is InChI=1S/C13H16N2O6/c1-20-12(16)8-14(9-13(17)21-2)7-10-4-3-5-11(6-10)15(18)19/h3-6H,7-9H2,1-2H3. The smallest absolute Gasteiger partial charge is 0.319 e. The monoisotopic (exact) mass is 296 g/mol. The number of methoxy groups -OCH3 is 2. The largest absolute Gasteiger partial charge is 0.468 e. The van der Waals surface area contributed by atoms with Crippen LogP contribution < -0.4 is 0 Å². The summed E-state index contributed by atoms with van der Waals surface area (Å²) in [6.45, 7) is -0.0472. The lowest BCUT2D eigenvalue weighted by Crippen LogP contribution is -2.35. The van der Waals surface area contributed by atoms with E-state index in [0.29, 0.717) is 5.56 Å². The molecule has 114 valence electrons. The molecule has 1 aromatic rings. The molecule has 0 spiro atoms. The molecule has 0 unspecified atom stereocenters. The highest BCUT2D eigenvalue weighted by Gasteiger charge is 2.17. The predicted molar refractivity (Wildman–Crippen MR) is 72.4 cm³/mol. The van der Waals surface area contributed by atoms with Gasteiger partial charge in [-0.1, -0.05) is 12.1 Å². The van der Waals surface area contributed by atoms with Gasteiger partial charge in [-0.2, -0.15) is 0 Å². The van der Waals surface area contributed by atoms with Gasteiger partial charge in [-0.05, 0) is 5.56 Å². The quantitative estimate of drug-likeness (QED) is 0.415. The first-order valence-corrected chi connectivity index (χ1v) is 6.05. The zero-order valence-electron chi connectivity index (χ0n) is 11.8. The van der Waals surface area contributed by atoms with Crippen molar-refractivity contribution in [3.8, 4) is 0 Å². The predicted octanol–water partition coefficient (Wildman–Crippen LogP) is 0.743. The molecule has 0 aromatic heterocycles. The molecule has 0 bridgehead atoms. The molecular formula is C13H16N2O6. The first kappa shape index (κ1) is 16.6. The SMILES string of the molecule is COC(=O)CN(CC(=O)OC)Cc1cccc([N+](=O)[O-])c1. The van der Waals surface area contributed by atoms with Gasteiger partial charge in [0, 0.05) is 18.7 Å². The van der Waals surface area contributed by atoms with Crippen LogP contribution in [0.25, 0.3) is 0 Å². The number of carbonyl (C=O) groups excluding carboxylic acids is 2. The van der Waals surface area contributed by atoms with Gasteiger partial charge in [0.05, 0.1) is 32.2 Å². The lowest BCUT2D eigenvalue weighted by atomic mass is 10.2. The number of esters is 2. The summed E-state index contributed by atoms with van der Waals surface area (Å²) in [6.07, 6.45) is 0. The zero-order valence-corrected chi connectivity index (χ0v) is 11.8. The Morgan fingerprint density at radius 3 is 2.24 bits per heavy atom. The molecule has 0 saturated heterocycles. The third kappa shape index (κ3) is 5.57. The second-order valence-electron chi connectivity index (χ2n) is 4.22. The molecule has 0 aliphatic rings. The Morgan fingerprint density at radius 1 is 1.19 bits per heavy atom. The third-order valence-electron chi connectivity index (χ3n) is 2.69. The summed E-state index contributed by atoms with van der Waals surface area (Å²) in [5.74, 6) is -1.02. The van der Waals surface area contributed by atoms with E-state index in [-0.39, 0.29) is 25.3 Å². The maximum absolute atomic E-state index is 11.3. The molecule has 21 heavy (non-hydrogen) atoms. The minimum Gasteiger partial charge on any atom is -0.468 e. The summed E-state index contributed by atoms with van der Waals surface area (Å²) < 4.78 is 9.11. The Balaban J connectivity index is 2.83. The molecule has 0 saturated carbocycles. The number of rotatable bonds is 7. The van der Waals surface area contributed by atoms with E-state index in [4.69, 9.17) is 0 Å². The third-order valence-corrected chi connectivity index (χ3v) is 2.69. The molecule has 1 aromatic carbocycles. The van der Waals surface area contributed by atoms with E-state index in [1.165, 1.54) is 31.3 Å². The average molecular weight is 296 g/mol. The Bertz CT molecular complexity index is 513. The molecule has 0 radical (unpaired) electrons. The van der Waals surface area contributed by atoms with Crippen molar-refractivity contribution in [2.24, 2.45) is 0 Å². The van der Waals surface area contributed by atoms with Crippen LogP contribution in [-0.2, 0) is 25.6 Å². The van der Waals surface area contributed by atoms with Crippen LogP contribution in [0.15, 0.2) is 24.3 Å². The van der Waals surface area contributed by atoms with Crippen LogP contribution in [0.2, 0.25) is 0 Å². The molecule has 0 atom stereocenters. The van der Waals surface area contributed by atoms with Crippen molar-refractivity contribution in [1.82, 2.24) is 4.90 Å². The average Bonchev–Trinajstić information content (AvgIpc) is 2.47. The fourth-order valence-corrected chi connectivity index (χ4v) is 1.69. The number of hydrogen-bond acceptors (Lipinski definition) is 7. The summed E-state index contributed by atoms with van der Waals surface area (Å²) in [4.78, 5) is 34.4. The lowest BCUT2D eigenvalue weighted by molar-refractivity contribution is -0.384. The lowest BCUT2D eigenvalue weighted by Gasteiger charge is -2.19. The maximum Gasteiger partial charge on any atom is 0.319 e. The molecule has 0 amide bonds. The van der Waals surface area contributed by atoms with E-state index in [0.717, 1.165) is 0 Å². The topological polar surface area (TPSA) is 99.0 Å². The highest BCUT2D eigenvalue weighted by molar-refractivity contribution is 5.74. The normalized spacial score (nSPS) is 10.2. The van der Waals surface area contributed by atoms with Gasteiger partial charge in [0.2, 0.25) is 0 Å². The van der Waals surface area contributed by atoms with Crippen LogP contribution in [0.4, 0.5) is 5.69 Å². The molecule has 1 rings (SSSR count). The summed E-state index contributed by atoms with van der Waals surface area (Å²) in [5, 5.41) is 10.7. The van der Waals surface area contributed by atoms with Crippen molar-refractivity contribution in [3.63, 3.8) is 0 Å². The van der Waals surface area contributed by atoms with Gasteiger partial charge in [-0.15, -0.1) is 0 Å². The Hall–Kier alpha value is -2.48. The highest BCUT2D eigenvalue weighted by atomic mass is 16.6. The highest BCUT2D eigenvalue weighted by Crippen LogP contribution is 2.14. The fraction of sp³-hybridized carbons (Fsp3) is 0.385. The van der Waals surface area contributed by atoms with Crippen LogP contribution in [0.3, 0.4) is 0 Å². The number of carbonyl (C=O) groups is 2. The second-order valence-corrected chi connectivity index (χ2v) is 4.22. The Morgan fingerprint density at radius 2 is 1.76 bits per heavy atom. The van der Waals surface area contributed by atoms with Gasteiger partial charge in [0.1, 0.15) is 0 Å². The van der Waals surface area contributed by atoms with E-state index in [9.17, 15) is 19.7 Å². The summed E-state index contributed by atoms with van der Waals surface area (Å²) in [7, 11) is 2.48. The van der Waals surface area contributed by atoms with Gasteiger partial charge in [0.25, 0.3) is 5.69 Å². The molecule has 0 aliphatic heterocycles. The van der Waals surface area contributed by atoms with Crippen molar-refractivity contribution in [3.05, 3.63) is 39.9 Å². The molecule has 8 nitrogen and oxygen atoms in total. The zero-order chi connectivity index (χ0) is 15.8. The first-order chi connectivity index (χ1) is 9.96. The van der Waals surface area contributed by atoms with Crippen molar-refractivity contribution < 1.29 is 24.0 Å².